The first-order valence-corrected chi connectivity index (χ1v) is 7.49. The lowest BCUT2D eigenvalue weighted by Gasteiger charge is -2.15. The maximum absolute atomic E-state index is 12.3. The molecular formula is C10H16N2O2S2. The number of nitrogens with zero attached hydrogens (tertiary/aromatic N) is 1. The molecule has 2 rings (SSSR count). The van der Waals surface area contributed by atoms with Crippen molar-refractivity contribution in [3.8, 4) is 0 Å². The van der Waals surface area contributed by atoms with Gasteiger partial charge in [-0.25, -0.2) is 8.42 Å². The fourth-order valence-electron chi connectivity index (χ4n) is 1.97. The Kier molecular flexibility index (Phi) is 3.09. The molecule has 0 aromatic carbocycles. The van der Waals surface area contributed by atoms with Crippen molar-refractivity contribution in [2.24, 2.45) is 5.73 Å². The second-order valence-corrected chi connectivity index (χ2v) is 7.56. The van der Waals surface area contributed by atoms with Gasteiger partial charge in [0.1, 0.15) is 0 Å². The molecule has 1 saturated heterocycles. The summed E-state index contributed by atoms with van der Waals surface area (Å²) in [5.74, 6) is 0. The van der Waals surface area contributed by atoms with Crippen LogP contribution in [0.3, 0.4) is 0 Å². The standard InChI is InChI=1S/C10H16N2O2S2/c1-7-5-10(8(2)15-7)16(13,14)12-4-3-9(11)6-12/h5,9H,3-4,6,11H2,1-2H3. The van der Waals surface area contributed by atoms with Crippen molar-refractivity contribution < 1.29 is 8.42 Å². The quantitative estimate of drug-likeness (QED) is 0.865. The minimum Gasteiger partial charge on any atom is -0.326 e. The minimum atomic E-state index is -3.32. The summed E-state index contributed by atoms with van der Waals surface area (Å²) in [6.07, 6.45) is 0.751. The molecule has 16 heavy (non-hydrogen) atoms. The SMILES string of the molecule is Cc1cc(S(=O)(=O)N2CCC(N)C2)c(C)s1. The van der Waals surface area contributed by atoms with Gasteiger partial charge in [0.25, 0.3) is 0 Å². The number of rotatable bonds is 2. The van der Waals surface area contributed by atoms with Crippen molar-refractivity contribution >= 4 is 21.4 Å². The predicted molar refractivity (Wildman–Crippen MR) is 65.1 cm³/mol. The van der Waals surface area contributed by atoms with Crippen molar-refractivity contribution in [3.05, 3.63) is 15.8 Å². The van der Waals surface area contributed by atoms with E-state index in [9.17, 15) is 8.42 Å². The molecule has 0 amide bonds. The first kappa shape index (κ1) is 12.0. The first-order valence-electron chi connectivity index (χ1n) is 5.24. The first-order chi connectivity index (χ1) is 7.41. The fraction of sp³-hybridized carbons (Fsp3) is 0.600. The second-order valence-electron chi connectivity index (χ2n) is 4.19. The molecule has 1 atom stereocenters. The average molecular weight is 260 g/mol. The molecule has 0 spiro atoms. The molecule has 0 radical (unpaired) electrons. The predicted octanol–water partition coefficient (Wildman–Crippen LogP) is 1.09. The van der Waals surface area contributed by atoms with E-state index in [1.165, 1.54) is 15.6 Å². The van der Waals surface area contributed by atoms with Crippen molar-refractivity contribution in [2.45, 2.75) is 31.2 Å². The summed E-state index contributed by atoms with van der Waals surface area (Å²) >= 11 is 1.52. The number of aryl methyl sites for hydroxylation is 2. The summed E-state index contributed by atoms with van der Waals surface area (Å²) < 4.78 is 26.1. The van der Waals surface area contributed by atoms with Crippen LogP contribution in [0.15, 0.2) is 11.0 Å². The van der Waals surface area contributed by atoms with Crippen LogP contribution in [0.5, 0.6) is 0 Å². The van der Waals surface area contributed by atoms with E-state index >= 15 is 0 Å². The van der Waals surface area contributed by atoms with Crippen LogP contribution in [0.25, 0.3) is 0 Å². The van der Waals surface area contributed by atoms with Gasteiger partial charge in [-0.3, -0.25) is 0 Å². The lowest BCUT2D eigenvalue weighted by molar-refractivity contribution is 0.472. The molecule has 1 aromatic heterocycles. The van der Waals surface area contributed by atoms with Crippen LogP contribution in [-0.4, -0.2) is 31.9 Å². The van der Waals surface area contributed by atoms with Crippen LogP contribution < -0.4 is 5.73 Å². The zero-order valence-corrected chi connectivity index (χ0v) is 11.1. The summed E-state index contributed by atoms with van der Waals surface area (Å²) in [4.78, 5) is 2.33. The van der Waals surface area contributed by atoms with Crippen molar-refractivity contribution in [1.82, 2.24) is 4.31 Å². The zero-order valence-electron chi connectivity index (χ0n) is 9.43. The third-order valence-electron chi connectivity index (χ3n) is 2.80. The number of thiophene rings is 1. The Bertz CT molecular complexity index is 493. The lowest BCUT2D eigenvalue weighted by Crippen LogP contribution is -2.32. The third-order valence-corrected chi connectivity index (χ3v) is 5.89. The third kappa shape index (κ3) is 2.02. The van der Waals surface area contributed by atoms with Gasteiger partial charge in [0.05, 0.1) is 4.90 Å². The Hall–Kier alpha value is -0.430. The maximum atomic E-state index is 12.3. The zero-order chi connectivity index (χ0) is 11.9. The van der Waals surface area contributed by atoms with Crippen LogP contribution in [0.2, 0.25) is 0 Å². The Balaban J connectivity index is 2.36. The Morgan fingerprint density at radius 3 is 2.62 bits per heavy atom. The number of hydrogen-bond acceptors (Lipinski definition) is 4. The van der Waals surface area contributed by atoms with E-state index in [-0.39, 0.29) is 6.04 Å². The highest BCUT2D eigenvalue weighted by Gasteiger charge is 2.32. The van der Waals surface area contributed by atoms with Crippen molar-refractivity contribution in [1.29, 1.82) is 0 Å². The van der Waals surface area contributed by atoms with Gasteiger partial charge < -0.3 is 5.73 Å². The average Bonchev–Trinajstić information content (AvgIpc) is 2.73. The van der Waals surface area contributed by atoms with Gasteiger partial charge in [-0.05, 0) is 26.3 Å². The van der Waals surface area contributed by atoms with E-state index in [1.54, 1.807) is 6.07 Å². The Morgan fingerprint density at radius 1 is 1.50 bits per heavy atom. The van der Waals surface area contributed by atoms with Crippen molar-refractivity contribution in [3.63, 3.8) is 0 Å². The van der Waals surface area contributed by atoms with Gasteiger partial charge in [0.2, 0.25) is 10.0 Å². The van der Waals surface area contributed by atoms with Gasteiger partial charge in [0, 0.05) is 28.9 Å². The van der Waals surface area contributed by atoms with Crippen LogP contribution >= 0.6 is 11.3 Å². The van der Waals surface area contributed by atoms with Gasteiger partial charge in [-0.1, -0.05) is 0 Å². The van der Waals surface area contributed by atoms with Crippen molar-refractivity contribution in [2.75, 3.05) is 13.1 Å². The smallest absolute Gasteiger partial charge is 0.244 e. The summed E-state index contributed by atoms with van der Waals surface area (Å²) in [5.41, 5.74) is 5.74. The molecule has 0 bridgehead atoms. The molecule has 0 aliphatic carbocycles. The van der Waals surface area contributed by atoms with Crippen LogP contribution in [0.1, 0.15) is 16.2 Å². The van der Waals surface area contributed by atoms with Gasteiger partial charge >= 0.3 is 0 Å². The highest BCUT2D eigenvalue weighted by Crippen LogP contribution is 2.29. The van der Waals surface area contributed by atoms with E-state index in [0.29, 0.717) is 18.0 Å². The molecule has 1 unspecified atom stereocenters. The van der Waals surface area contributed by atoms with E-state index in [0.717, 1.165) is 16.2 Å². The molecule has 2 N–H and O–H groups in total. The van der Waals surface area contributed by atoms with E-state index in [4.69, 9.17) is 5.73 Å². The van der Waals surface area contributed by atoms with Gasteiger partial charge in [-0.2, -0.15) is 4.31 Å². The number of nitrogens with two attached hydrogens (primary N) is 1. The molecule has 1 aromatic rings. The van der Waals surface area contributed by atoms with Crippen LogP contribution in [-0.2, 0) is 10.0 Å². The van der Waals surface area contributed by atoms with Gasteiger partial charge in [0.15, 0.2) is 0 Å². The molecule has 4 nitrogen and oxygen atoms in total. The van der Waals surface area contributed by atoms with Crippen LogP contribution in [0.4, 0.5) is 0 Å². The summed E-state index contributed by atoms with van der Waals surface area (Å²) in [5, 5.41) is 0. The fourth-order valence-corrected chi connectivity index (χ4v) is 5.01. The lowest BCUT2D eigenvalue weighted by atomic mass is 10.3. The highest BCUT2D eigenvalue weighted by atomic mass is 32.2. The van der Waals surface area contributed by atoms with E-state index < -0.39 is 10.0 Å². The van der Waals surface area contributed by atoms with Gasteiger partial charge in [-0.15, -0.1) is 11.3 Å². The molecule has 90 valence electrons. The normalized spacial score (nSPS) is 22.8. The molecule has 1 fully saturated rings. The maximum Gasteiger partial charge on any atom is 0.244 e. The summed E-state index contributed by atoms with van der Waals surface area (Å²) in [6.45, 7) is 4.75. The largest absolute Gasteiger partial charge is 0.326 e. The summed E-state index contributed by atoms with van der Waals surface area (Å²) in [6, 6.07) is 1.73. The number of hydrogen-bond donors (Lipinski definition) is 1. The van der Waals surface area contributed by atoms with Crippen LogP contribution in [0, 0.1) is 13.8 Å². The molecule has 1 aliphatic rings. The Labute approximate surface area is 100 Å². The second kappa shape index (κ2) is 4.10. The molecule has 2 heterocycles. The molecule has 0 saturated carbocycles. The van der Waals surface area contributed by atoms with E-state index in [2.05, 4.69) is 0 Å². The Morgan fingerprint density at radius 2 is 2.19 bits per heavy atom. The number of sulfonamides is 1. The highest BCUT2D eigenvalue weighted by molar-refractivity contribution is 7.89. The summed E-state index contributed by atoms with van der Waals surface area (Å²) in [7, 11) is -3.32. The molecule has 1 aliphatic heterocycles. The minimum absolute atomic E-state index is 0.0187. The monoisotopic (exact) mass is 260 g/mol. The molecular weight excluding hydrogens is 244 g/mol. The topological polar surface area (TPSA) is 63.4 Å². The van der Waals surface area contributed by atoms with E-state index in [1.807, 2.05) is 13.8 Å². The molecule has 6 heteroatoms.